The van der Waals surface area contributed by atoms with E-state index in [4.69, 9.17) is 4.74 Å². The van der Waals surface area contributed by atoms with Crippen LogP contribution in [-0.4, -0.2) is 18.2 Å². The van der Waals surface area contributed by atoms with Crippen molar-refractivity contribution in [2.75, 3.05) is 6.61 Å². The van der Waals surface area contributed by atoms with E-state index in [1.807, 2.05) is 32.9 Å². The third-order valence-electron chi connectivity index (χ3n) is 4.73. The number of ether oxygens (including phenoxy) is 1. The molecule has 0 bridgehead atoms. The molecule has 0 saturated heterocycles. The number of rotatable bonds is 6. The predicted molar refractivity (Wildman–Crippen MR) is 107 cm³/mol. The standard InChI is InChI=1S/C24H21FO3/c1-15-12-17(3)22(13-16(15)2)23(26)14-28-21-10-6-19(7-11-21)24(27)18-4-8-20(25)9-5-18/h4-13H,14H2,1-3H3. The molecule has 0 spiro atoms. The molecule has 3 aromatic rings. The fraction of sp³-hybridized carbons (Fsp3) is 0.167. The van der Waals surface area contributed by atoms with Gasteiger partial charge in [0.25, 0.3) is 0 Å². The third kappa shape index (κ3) is 4.34. The van der Waals surface area contributed by atoms with Crippen LogP contribution in [0.2, 0.25) is 0 Å². The van der Waals surface area contributed by atoms with E-state index in [-0.39, 0.29) is 24.0 Å². The normalized spacial score (nSPS) is 10.6. The van der Waals surface area contributed by atoms with E-state index in [1.54, 1.807) is 24.3 Å². The lowest BCUT2D eigenvalue weighted by Crippen LogP contribution is -2.13. The molecule has 3 nitrogen and oxygen atoms in total. The SMILES string of the molecule is Cc1cc(C)c(C(=O)COc2ccc(C(=O)c3ccc(F)cc3)cc2)cc1C. The number of Topliss-reactive ketones (excluding diaryl/α,β-unsaturated/α-hetero) is 1. The monoisotopic (exact) mass is 376 g/mol. The predicted octanol–water partition coefficient (Wildman–Crippen LogP) is 5.24. The Kier molecular flexibility index (Phi) is 5.69. The average Bonchev–Trinajstić information content (AvgIpc) is 2.69. The lowest BCUT2D eigenvalue weighted by atomic mass is 9.98. The molecule has 0 radical (unpaired) electrons. The van der Waals surface area contributed by atoms with Gasteiger partial charge in [0.15, 0.2) is 18.2 Å². The van der Waals surface area contributed by atoms with Crippen LogP contribution in [0.4, 0.5) is 4.39 Å². The number of ketones is 2. The molecule has 28 heavy (non-hydrogen) atoms. The minimum Gasteiger partial charge on any atom is -0.485 e. The molecule has 142 valence electrons. The van der Waals surface area contributed by atoms with Gasteiger partial charge < -0.3 is 4.74 Å². The van der Waals surface area contributed by atoms with Crippen molar-refractivity contribution >= 4 is 11.6 Å². The smallest absolute Gasteiger partial charge is 0.200 e. The van der Waals surface area contributed by atoms with Crippen molar-refractivity contribution in [2.24, 2.45) is 0 Å². The quantitative estimate of drug-likeness (QED) is 0.552. The molecule has 3 aromatic carbocycles. The van der Waals surface area contributed by atoms with Crippen LogP contribution in [-0.2, 0) is 0 Å². The first-order valence-corrected chi connectivity index (χ1v) is 8.99. The van der Waals surface area contributed by atoms with Gasteiger partial charge in [0.1, 0.15) is 11.6 Å². The minimum absolute atomic E-state index is 0.0748. The second kappa shape index (κ2) is 8.17. The van der Waals surface area contributed by atoms with Crippen LogP contribution in [0.25, 0.3) is 0 Å². The maximum absolute atomic E-state index is 13.0. The lowest BCUT2D eigenvalue weighted by Gasteiger charge is -2.10. The van der Waals surface area contributed by atoms with Crippen LogP contribution >= 0.6 is 0 Å². The number of hydrogen-bond donors (Lipinski definition) is 0. The van der Waals surface area contributed by atoms with E-state index >= 15 is 0 Å². The van der Waals surface area contributed by atoms with E-state index in [9.17, 15) is 14.0 Å². The fourth-order valence-electron chi connectivity index (χ4n) is 2.96. The van der Waals surface area contributed by atoms with Crippen LogP contribution in [0, 0.1) is 26.6 Å². The van der Waals surface area contributed by atoms with E-state index in [2.05, 4.69) is 0 Å². The maximum Gasteiger partial charge on any atom is 0.200 e. The zero-order chi connectivity index (χ0) is 20.3. The van der Waals surface area contributed by atoms with E-state index in [0.29, 0.717) is 22.4 Å². The van der Waals surface area contributed by atoms with Gasteiger partial charge in [-0.3, -0.25) is 9.59 Å². The van der Waals surface area contributed by atoms with Gasteiger partial charge in [0.05, 0.1) is 0 Å². The summed E-state index contributed by atoms with van der Waals surface area (Å²) in [5.74, 6) is -0.171. The Morgan fingerprint density at radius 2 is 1.32 bits per heavy atom. The molecule has 0 N–H and O–H groups in total. The van der Waals surface area contributed by atoms with E-state index in [0.717, 1.165) is 16.7 Å². The van der Waals surface area contributed by atoms with Crippen molar-refractivity contribution in [3.8, 4) is 5.75 Å². The largest absolute Gasteiger partial charge is 0.485 e. The second-order valence-corrected chi connectivity index (χ2v) is 6.82. The summed E-state index contributed by atoms with van der Waals surface area (Å²) in [4.78, 5) is 24.9. The summed E-state index contributed by atoms with van der Waals surface area (Å²) in [6, 6.07) is 15.9. The minimum atomic E-state index is -0.385. The first kappa shape index (κ1) is 19.5. The highest BCUT2D eigenvalue weighted by Crippen LogP contribution is 2.18. The molecule has 0 saturated carbocycles. The van der Waals surface area contributed by atoms with Gasteiger partial charge in [-0.25, -0.2) is 4.39 Å². The first-order chi connectivity index (χ1) is 13.3. The molecule has 4 heteroatoms. The Labute approximate surface area is 163 Å². The summed E-state index contributed by atoms with van der Waals surface area (Å²) in [6.45, 7) is 5.83. The van der Waals surface area contributed by atoms with Gasteiger partial charge in [-0.05, 0) is 92.1 Å². The van der Waals surface area contributed by atoms with E-state index in [1.165, 1.54) is 24.3 Å². The number of benzene rings is 3. The van der Waals surface area contributed by atoms with Crippen LogP contribution in [0.1, 0.15) is 43.0 Å². The molecule has 0 fully saturated rings. The number of halogens is 1. The number of aryl methyl sites for hydroxylation is 3. The fourth-order valence-corrected chi connectivity index (χ4v) is 2.96. The Hall–Kier alpha value is -3.27. The molecule has 0 amide bonds. The zero-order valence-electron chi connectivity index (χ0n) is 16.1. The molecule has 0 atom stereocenters. The van der Waals surface area contributed by atoms with Crippen molar-refractivity contribution in [3.05, 3.63) is 99.9 Å². The van der Waals surface area contributed by atoms with Crippen LogP contribution < -0.4 is 4.74 Å². The van der Waals surface area contributed by atoms with Gasteiger partial charge >= 0.3 is 0 Å². The number of hydrogen-bond acceptors (Lipinski definition) is 3. The highest BCUT2D eigenvalue weighted by atomic mass is 19.1. The van der Waals surface area contributed by atoms with Gasteiger partial charge in [-0.15, -0.1) is 0 Å². The summed E-state index contributed by atoms with van der Waals surface area (Å²) in [5, 5.41) is 0. The molecule has 0 unspecified atom stereocenters. The summed E-state index contributed by atoms with van der Waals surface area (Å²) in [5.41, 5.74) is 4.68. The zero-order valence-corrected chi connectivity index (χ0v) is 16.1. The molecule has 0 aliphatic heterocycles. The van der Waals surface area contributed by atoms with Crippen molar-refractivity contribution in [1.82, 2.24) is 0 Å². The van der Waals surface area contributed by atoms with Crippen LogP contribution in [0.5, 0.6) is 5.75 Å². The van der Waals surface area contributed by atoms with Gasteiger partial charge in [0, 0.05) is 16.7 Å². The van der Waals surface area contributed by atoms with Crippen molar-refractivity contribution in [2.45, 2.75) is 20.8 Å². The van der Waals surface area contributed by atoms with Gasteiger partial charge in [-0.1, -0.05) is 6.07 Å². The maximum atomic E-state index is 13.0. The molecule has 0 heterocycles. The molecule has 0 aliphatic rings. The second-order valence-electron chi connectivity index (χ2n) is 6.82. The number of carbonyl (C=O) groups excluding carboxylic acids is 2. The average molecular weight is 376 g/mol. The topological polar surface area (TPSA) is 43.4 Å². The van der Waals surface area contributed by atoms with Crippen LogP contribution in [0.15, 0.2) is 60.7 Å². The van der Waals surface area contributed by atoms with Gasteiger partial charge in [-0.2, -0.15) is 0 Å². The summed E-state index contributed by atoms with van der Waals surface area (Å²) < 4.78 is 18.6. The Morgan fingerprint density at radius 3 is 1.93 bits per heavy atom. The summed E-state index contributed by atoms with van der Waals surface area (Å²) in [6.07, 6.45) is 0. The lowest BCUT2D eigenvalue weighted by molar-refractivity contribution is 0.0920. The third-order valence-corrected chi connectivity index (χ3v) is 4.73. The molecule has 0 aromatic heterocycles. The molecular formula is C24H21FO3. The Bertz CT molecular complexity index is 1020. The van der Waals surface area contributed by atoms with Crippen molar-refractivity contribution < 1.29 is 18.7 Å². The Balaban J connectivity index is 1.66. The molecule has 3 rings (SSSR count). The first-order valence-electron chi connectivity index (χ1n) is 8.99. The summed E-state index contributed by atoms with van der Waals surface area (Å²) >= 11 is 0. The Morgan fingerprint density at radius 1 is 0.786 bits per heavy atom. The molecule has 0 aliphatic carbocycles. The number of carbonyl (C=O) groups is 2. The highest BCUT2D eigenvalue weighted by Gasteiger charge is 2.13. The summed E-state index contributed by atoms with van der Waals surface area (Å²) in [7, 11) is 0. The van der Waals surface area contributed by atoms with Crippen molar-refractivity contribution in [3.63, 3.8) is 0 Å². The van der Waals surface area contributed by atoms with Gasteiger partial charge in [0.2, 0.25) is 0 Å². The highest BCUT2D eigenvalue weighted by molar-refractivity contribution is 6.09. The molecular weight excluding hydrogens is 355 g/mol. The van der Waals surface area contributed by atoms with Crippen molar-refractivity contribution in [1.29, 1.82) is 0 Å². The van der Waals surface area contributed by atoms with Crippen LogP contribution in [0.3, 0.4) is 0 Å². The van der Waals surface area contributed by atoms with E-state index < -0.39 is 0 Å².